The Kier molecular flexibility index (Phi) is 5.01. The van der Waals surface area contributed by atoms with Crippen LogP contribution >= 0.6 is 0 Å². The fourth-order valence-electron chi connectivity index (χ4n) is 3.65. The maximum Gasteiger partial charge on any atom is 0.235 e. The number of primary amides is 1. The Hall–Kier alpha value is -0.610. The van der Waals surface area contributed by atoms with E-state index < -0.39 is 0 Å². The van der Waals surface area contributed by atoms with Crippen LogP contribution in [0, 0.1) is 11.8 Å². The molecule has 18 heavy (non-hydrogen) atoms. The van der Waals surface area contributed by atoms with Crippen LogP contribution < -0.4 is 11.1 Å². The second-order valence-corrected chi connectivity index (χ2v) is 5.89. The van der Waals surface area contributed by atoms with Crippen molar-refractivity contribution in [3.05, 3.63) is 0 Å². The van der Waals surface area contributed by atoms with Gasteiger partial charge in [-0.15, -0.1) is 0 Å². The van der Waals surface area contributed by atoms with Crippen LogP contribution in [-0.4, -0.2) is 43.0 Å². The SMILES string of the molecule is CC(C1CCCCC1)C(C(N)=O)N1CCNCC1. The molecule has 3 N–H and O–H groups in total. The number of hydrogen-bond acceptors (Lipinski definition) is 3. The molecule has 1 heterocycles. The standard InChI is InChI=1S/C14H27N3O/c1-11(12-5-3-2-4-6-12)13(14(15)18)17-9-7-16-8-10-17/h11-13,16H,2-10H2,1H3,(H2,15,18). The van der Waals surface area contributed by atoms with Crippen molar-refractivity contribution in [3.63, 3.8) is 0 Å². The van der Waals surface area contributed by atoms with E-state index >= 15 is 0 Å². The molecule has 4 nitrogen and oxygen atoms in total. The van der Waals surface area contributed by atoms with Crippen molar-refractivity contribution in [3.8, 4) is 0 Å². The number of carbonyl (C=O) groups excluding carboxylic acids is 1. The second-order valence-electron chi connectivity index (χ2n) is 5.89. The van der Waals surface area contributed by atoms with Gasteiger partial charge in [-0.3, -0.25) is 9.69 Å². The monoisotopic (exact) mass is 253 g/mol. The molecule has 0 aromatic heterocycles. The fourth-order valence-corrected chi connectivity index (χ4v) is 3.65. The van der Waals surface area contributed by atoms with Gasteiger partial charge in [-0.05, 0) is 11.8 Å². The third-order valence-corrected chi connectivity index (χ3v) is 4.73. The predicted octanol–water partition coefficient (Wildman–Crippen LogP) is 0.962. The Morgan fingerprint density at radius 1 is 1.22 bits per heavy atom. The third kappa shape index (κ3) is 3.23. The van der Waals surface area contributed by atoms with E-state index in [0.717, 1.165) is 26.2 Å². The highest BCUT2D eigenvalue weighted by atomic mass is 16.1. The summed E-state index contributed by atoms with van der Waals surface area (Å²) in [5.41, 5.74) is 5.67. The maximum absolute atomic E-state index is 11.8. The summed E-state index contributed by atoms with van der Waals surface area (Å²) in [7, 11) is 0. The van der Waals surface area contributed by atoms with Crippen molar-refractivity contribution in [2.24, 2.45) is 17.6 Å². The molecule has 2 unspecified atom stereocenters. The number of carbonyl (C=O) groups is 1. The van der Waals surface area contributed by atoms with E-state index in [0.29, 0.717) is 11.8 Å². The first kappa shape index (κ1) is 13.8. The van der Waals surface area contributed by atoms with Crippen LogP contribution in [-0.2, 0) is 4.79 Å². The van der Waals surface area contributed by atoms with Crippen molar-refractivity contribution in [1.82, 2.24) is 10.2 Å². The average molecular weight is 253 g/mol. The summed E-state index contributed by atoms with van der Waals surface area (Å²) in [6, 6.07) is -0.0600. The van der Waals surface area contributed by atoms with Gasteiger partial charge in [0.1, 0.15) is 0 Å². The minimum absolute atomic E-state index is 0.0600. The van der Waals surface area contributed by atoms with Gasteiger partial charge in [-0.2, -0.15) is 0 Å². The fraction of sp³-hybridized carbons (Fsp3) is 0.929. The average Bonchev–Trinajstić information content (AvgIpc) is 2.40. The highest BCUT2D eigenvalue weighted by Crippen LogP contribution is 2.33. The van der Waals surface area contributed by atoms with Gasteiger partial charge in [0, 0.05) is 26.2 Å². The molecule has 1 amide bonds. The van der Waals surface area contributed by atoms with Crippen molar-refractivity contribution in [2.75, 3.05) is 26.2 Å². The van der Waals surface area contributed by atoms with E-state index in [4.69, 9.17) is 5.73 Å². The Balaban J connectivity index is 2.00. The Morgan fingerprint density at radius 3 is 2.39 bits per heavy atom. The zero-order chi connectivity index (χ0) is 13.0. The molecule has 2 rings (SSSR count). The molecular weight excluding hydrogens is 226 g/mol. The van der Waals surface area contributed by atoms with E-state index in [1.54, 1.807) is 0 Å². The first-order valence-corrected chi connectivity index (χ1v) is 7.44. The summed E-state index contributed by atoms with van der Waals surface area (Å²) in [5.74, 6) is 0.960. The molecule has 2 fully saturated rings. The molecule has 1 aliphatic heterocycles. The summed E-state index contributed by atoms with van der Waals surface area (Å²) in [6.07, 6.45) is 6.55. The molecule has 0 radical (unpaired) electrons. The van der Waals surface area contributed by atoms with E-state index in [2.05, 4.69) is 17.1 Å². The van der Waals surface area contributed by atoms with Gasteiger partial charge in [0.05, 0.1) is 6.04 Å². The highest BCUT2D eigenvalue weighted by molar-refractivity contribution is 5.80. The molecule has 1 saturated heterocycles. The maximum atomic E-state index is 11.8. The largest absolute Gasteiger partial charge is 0.368 e. The zero-order valence-corrected chi connectivity index (χ0v) is 11.5. The number of nitrogens with zero attached hydrogens (tertiary/aromatic N) is 1. The minimum atomic E-state index is -0.130. The van der Waals surface area contributed by atoms with Crippen LogP contribution in [0.25, 0.3) is 0 Å². The number of nitrogens with one attached hydrogen (secondary N) is 1. The Morgan fingerprint density at radius 2 is 1.83 bits per heavy atom. The van der Waals surface area contributed by atoms with E-state index in [9.17, 15) is 4.79 Å². The number of rotatable bonds is 4. The smallest absolute Gasteiger partial charge is 0.235 e. The van der Waals surface area contributed by atoms with Crippen molar-refractivity contribution in [1.29, 1.82) is 0 Å². The minimum Gasteiger partial charge on any atom is -0.368 e. The summed E-state index contributed by atoms with van der Waals surface area (Å²) in [5, 5.41) is 3.33. The van der Waals surface area contributed by atoms with Crippen molar-refractivity contribution >= 4 is 5.91 Å². The van der Waals surface area contributed by atoms with Gasteiger partial charge in [0.15, 0.2) is 0 Å². The molecule has 0 aromatic carbocycles. The number of amides is 1. The summed E-state index contributed by atoms with van der Waals surface area (Å²) < 4.78 is 0. The lowest BCUT2D eigenvalue weighted by Crippen LogP contribution is -2.56. The summed E-state index contributed by atoms with van der Waals surface area (Å²) >= 11 is 0. The summed E-state index contributed by atoms with van der Waals surface area (Å²) in [6.45, 7) is 6.07. The van der Waals surface area contributed by atoms with Crippen LogP contribution in [0.1, 0.15) is 39.0 Å². The quantitative estimate of drug-likeness (QED) is 0.784. The van der Waals surface area contributed by atoms with E-state index in [1.807, 2.05) is 0 Å². The van der Waals surface area contributed by atoms with Crippen LogP contribution in [0.3, 0.4) is 0 Å². The number of nitrogens with two attached hydrogens (primary N) is 1. The number of piperazine rings is 1. The normalized spacial score (nSPS) is 26.7. The summed E-state index contributed by atoms with van der Waals surface area (Å²) in [4.78, 5) is 14.1. The topological polar surface area (TPSA) is 58.4 Å². The van der Waals surface area contributed by atoms with Crippen LogP contribution in [0.2, 0.25) is 0 Å². The molecule has 1 saturated carbocycles. The molecular formula is C14H27N3O. The van der Waals surface area contributed by atoms with Crippen LogP contribution in [0.5, 0.6) is 0 Å². The van der Waals surface area contributed by atoms with E-state index in [-0.39, 0.29) is 11.9 Å². The lowest BCUT2D eigenvalue weighted by molar-refractivity contribution is -0.126. The van der Waals surface area contributed by atoms with Gasteiger partial charge >= 0.3 is 0 Å². The molecule has 0 bridgehead atoms. The molecule has 0 spiro atoms. The molecule has 0 aromatic rings. The molecule has 2 aliphatic rings. The third-order valence-electron chi connectivity index (χ3n) is 4.73. The second kappa shape index (κ2) is 6.53. The molecule has 4 heteroatoms. The van der Waals surface area contributed by atoms with Gasteiger partial charge < -0.3 is 11.1 Å². The highest BCUT2D eigenvalue weighted by Gasteiger charge is 2.34. The molecule has 104 valence electrons. The van der Waals surface area contributed by atoms with E-state index in [1.165, 1.54) is 32.1 Å². The first-order chi connectivity index (χ1) is 8.70. The van der Waals surface area contributed by atoms with Crippen molar-refractivity contribution in [2.45, 2.75) is 45.1 Å². The van der Waals surface area contributed by atoms with Crippen LogP contribution in [0.4, 0.5) is 0 Å². The molecule has 2 atom stereocenters. The number of hydrogen-bond donors (Lipinski definition) is 2. The Bertz CT molecular complexity index is 270. The van der Waals surface area contributed by atoms with Gasteiger partial charge in [-0.1, -0.05) is 39.0 Å². The zero-order valence-electron chi connectivity index (χ0n) is 11.5. The van der Waals surface area contributed by atoms with Crippen molar-refractivity contribution < 1.29 is 4.79 Å². The Labute approximate surface area is 110 Å². The lowest BCUT2D eigenvalue weighted by atomic mass is 9.77. The van der Waals surface area contributed by atoms with Crippen LogP contribution in [0.15, 0.2) is 0 Å². The molecule has 1 aliphatic carbocycles. The van der Waals surface area contributed by atoms with Gasteiger partial charge in [0.2, 0.25) is 5.91 Å². The first-order valence-electron chi connectivity index (χ1n) is 7.44. The van der Waals surface area contributed by atoms with Gasteiger partial charge in [0.25, 0.3) is 0 Å². The lowest BCUT2D eigenvalue weighted by Gasteiger charge is -2.40. The predicted molar refractivity (Wildman–Crippen MR) is 73.2 cm³/mol. The van der Waals surface area contributed by atoms with Gasteiger partial charge in [-0.25, -0.2) is 0 Å².